The van der Waals surface area contributed by atoms with Crippen molar-refractivity contribution in [2.24, 2.45) is 7.05 Å². The standard InChI is InChI=1S/C20H19N2/c1-13-10-14(2)15(3)19(11-13)20-18-7-6-17(21-4)12-16(18)8-9-22(20)5/h6-12H,1-3,5H3/q+1/i9D. The fraction of sp³-hybridized carbons (Fsp3) is 0.200. The number of hydrogen-bond donors (Lipinski definition) is 0. The van der Waals surface area contributed by atoms with Gasteiger partial charge >= 0.3 is 0 Å². The highest BCUT2D eigenvalue weighted by Gasteiger charge is 2.18. The molecule has 0 saturated heterocycles. The molecule has 0 spiro atoms. The lowest BCUT2D eigenvalue weighted by atomic mass is 9.94. The van der Waals surface area contributed by atoms with E-state index < -0.39 is 0 Å². The predicted octanol–water partition coefficient (Wildman–Crippen LogP) is 4.81. The Morgan fingerprint density at radius 3 is 2.59 bits per heavy atom. The van der Waals surface area contributed by atoms with E-state index in [0.717, 1.165) is 22.0 Å². The summed E-state index contributed by atoms with van der Waals surface area (Å²) < 4.78 is 10.2. The molecule has 22 heavy (non-hydrogen) atoms. The lowest BCUT2D eigenvalue weighted by Gasteiger charge is -2.11. The van der Waals surface area contributed by atoms with Crippen molar-refractivity contribution in [3.05, 3.63) is 70.7 Å². The summed E-state index contributed by atoms with van der Waals surface area (Å²) in [5, 5.41) is 2.01. The van der Waals surface area contributed by atoms with Crippen LogP contribution in [-0.4, -0.2) is 0 Å². The molecule has 0 amide bonds. The van der Waals surface area contributed by atoms with E-state index in [4.69, 9.17) is 7.94 Å². The van der Waals surface area contributed by atoms with Crippen LogP contribution in [0.1, 0.15) is 18.1 Å². The molecule has 0 saturated carbocycles. The van der Waals surface area contributed by atoms with E-state index in [-0.39, 0.29) is 0 Å². The van der Waals surface area contributed by atoms with E-state index in [1.165, 1.54) is 16.7 Å². The first kappa shape index (κ1) is 13.0. The lowest BCUT2D eigenvalue weighted by Crippen LogP contribution is -2.30. The van der Waals surface area contributed by atoms with Crippen molar-refractivity contribution in [3.63, 3.8) is 0 Å². The molecule has 1 heterocycles. The van der Waals surface area contributed by atoms with Gasteiger partial charge < -0.3 is 0 Å². The maximum atomic E-state index is 8.28. The largest absolute Gasteiger partial charge is 0.238 e. The van der Waals surface area contributed by atoms with E-state index in [2.05, 4.69) is 37.7 Å². The van der Waals surface area contributed by atoms with Gasteiger partial charge in [-0.25, -0.2) is 9.41 Å². The summed E-state index contributed by atoms with van der Waals surface area (Å²) in [4.78, 5) is 3.50. The fourth-order valence-corrected chi connectivity index (χ4v) is 2.98. The SMILES string of the molecule is [2H]c1cc2cc([N+]#[C-])ccc2c(-c2cc(C)cc(C)c2C)[n+]1C. The molecule has 1 aromatic heterocycles. The molecule has 3 rings (SSSR count). The van der Waals surface area contributed by atoms with E-state index >= 15 is 0 Å². The van der Waals surface area contributed by atoms with Crippen LogP contribution in [0.15, 0.2) is 42.6 Å². The first-order valence-electron chi connectivity index (χ1n) is 7.81. The molecule has 0 aliphatic rings. The smallest absolute Gasteiger partial charge is 0.220 e. The maximum Gasteiger partial charge on any atom is 0.220 e. The van der Waals surface area contributed by atoms with Gasteiger partial charge in [-0.05, 0) is 49.4 Å². The molecule has 0 unspecified atom stereocenters. The second-order valence-electron chi connectivity index (χ2n) is 5.82. The second-order valence-corrected chi connectivity index (χ2v) is 5.82. The maximum absolute atomic E-state index is 8.28. The van der Waals surface area contributed by atoms with Crippen molar-refractivity contribution >= 4 is 16.5 Å². The number of nitrogens with zero attached hydrogens (tertiary/aromatic N) is 2. The van der Waals surface area contributed by atoms with E-state index in [0.29, 0.717) is 11.9 Å². The van der Waals surface area contributed by atoms with Crippen LogP contribution in [0.4, 0.5) is 5.69 Å². The third kappa shape index (κ3) is 2.25. The molecular formula is C20H19N2+. The van der Waals surface area contributed by atoms with Gasteiger partial charge in [-0.2, -0.15) is 0 Å². The summed E-state index contributed by atoms with van der Waals surface area (Å²) in [5.74, 6) is 0. The Labute approximate surface area is 132 Å². The summed E-state index contributed by atoms with van der Waals surface area (Å²) in [5.41, 5.74) is 6.49. The van der Waals surface area contributed by atoms with Crippen molar-refractivity contribution in [2.75, 3.05) is 0 Å². The number of hydrogen-bond acceptors (Lipinski definition) is 0. The van der Waals surface area contributed by atoms with Gasteiger partial charge in [0.05, 0.1) is 17.5 Å². The Bertz CT molecular complexity index is 981. The highest BCUT2D eigenvalue weighted by Crippen LogP contribution is 2.31. The van der Waals surface area contributed by atoms with Gasteiger partial charge in [0, 0.05) is 6.07 Å². The molecule has 2 aromatic carbocycles. The molecule has 108 valence electrons. The highest BCUT2D eigenvalue weighted by molar-refractivity contribution is 5.95. The quantitative estimate of drug-likeness (QED) is 0.449. The Kier molecular flexibility index (Phi) is 3.12. The minimum Gasteiger partial charge on any atom is -0.238 e. The zero-order valence-electron chi connectivity index (χ0n) is 14.4. The van der Waals surface area contributed by atoms with Crippen LogP contribution in [-0.2, 0) is 7.05 Å². The molecule has 0 atom stereocenters. The first-order valence-corrected chi connectivity index (χ1v) is 7.31. The van der Waals surface area contributed by atoms with Gasteiger partial charge in [-0.1, -0.05) is 23.8 Å². The van der Waals surface area contributed by atoms with Crippen LogP contribution >= 0.6 is 0 Å². The first-order chi connectivity index (χ1) is 10.9. The van der Waals surface area contributed by atoms with Gasteiger partial charge in [0.25, 0.3) is 0 Å². The van der Waals surface area contributed by atoms with Crippen molar-refractivity contribution < 1.29 is 5.94 Å². The Balaban J connectivity index is 2.46. The minimum atomic E-state index is 0.438. The molecular weight excluding hydrogens is 268 g/mol. The van der Waals surface area contributed by atoms with Crippen molar-refractivity contribution in [3.8, 4) is 11.3 Å². The monoisotopic (exact) mass is 288 g/mol. The second kappa shape index (κ2) is 5.27. The summed E-state index contributed by atoms with van der Waals surface area (Å²) in [7, 11) is 1.93. The van der Waals surface area contributed by atoms with Crippen molar-refractivity contribution in [1.29, 1.82) is 0 Å². The van der Waals surface area contributed by atoms with E-state index in [9.17, 15) is 0 Å². The zero-order chi connectivity index (χ0) is 16.7. The highest BCUT2D eigenvalue weighted by atomic mass is 14.9. The minimum absolute atomic E-state index is 0.438. The topological polar surface area (TPSA) is 8.24 Å². The van der Waals surface area contributed by atoms with Crippen LogP contribution in [0.2, 0.25) is 0 Å². The molecule has 2 heteroatoms. The number of benzene rings is 2. The number of rotatable bonds is 1. The molecule has 0 N–H and O–H groups in total. The van der Waals surface area contributed by atoms with Gasteiger partial charge in [0.1, 0.15) is 8.42 Å². The number of pyridine rings is 1. The molecule has 0 aliphatic carbocycles. The number of fused-ring (bicyclic) bond motifs is 1. The molecule has 3 aromatic rings. The van der Waals surface area contributed by atoms with Gasteiger partial charge in [-0.15, -0.1) is 0 Å². The van der Waals surface area contributed by atoms with Crippen molar-refractivity contribution in [1.82, 2.24) is 0 Å². The predicted molar refractivity (Wildman–Crippen MR) is 91.0 cm³/mol. The molecule has 0 radical (unpaired) electrons. The van der Waals surface area contributed by atoms with Gasteiger partial charge in [0.15, 0.2) is 11.9 Å². The number of aryl methyl sites for hydroxylation is 2. The van der Waals surface area contributed by atoms with Crippen LogP contribution in [0.5, 0.6) is 0 Å². The summed E-state index contributed by atoms with van der Waals surface area (Å²) in [6.45, 7) is 13.5. The molecule has 2 nitrogen and oxygen atoms in total. The summed E-state index contributed by atoms with van der Waals surface area (Å²) in [6, 6.07) is 11.9. The normalized spacial score (nSPS) is 11.3. The van der Waals surface area contributed by atoms with Crippen LogP contribution in [0.3, 0.4) is 0 Å². The van der Waals surface area contributed by atoms with E-state index in [1.807, 2.05) is 35.9 Å². The Hall–Kier alpha value is -2.66. The third-order valence-electron chi connectivity index (χ3n) is 4.24. The van der Waals surface area contributed by atoms with Gasteiger partial charge in [-0.3, -0.25) is 0 Å². The van der Waals surface area contributed by atoms with Gasteiger partial charge in [0.2, 0.25) is 5.69 Å². The lowest BCUT2D eigenvalue weighted by molar-refractivity contribution is -0.659. The Morgan fingerprint density at radius 2 is 1.86 bits per heavy atom. The number of aromatic nitrogens is 1. The van der Waals surface area contributed by atoms with Crippen LogP contribution < -0.4 is 4.57 Å². The molecule has 0 bridgehead atoms. The summed E-state index contributed by atoms with van der Waals surface area (Å²) in [6.07, 6.45) is 0.438. The molecule has 0 aliphatic heterocycles. The van der Waals surface area contributed by atoms with Crippen molar-refractivity contribution in [2.45, 2.75) is 20.8 Å². The third-order valence-corrected chi connectivity index (χ3v) is 4.24. The van der Waals surface area contributed by atoms with Crippen LogP contribution in [0, 0.1) is 27.3 Å². The summed E-state index contributed by atoms with van der Waals surface area (Å²) >= 11 is 0. The fourth-order valence-electron chi connectivity index (χ4n) is 2.98. The average molecular weight is 288 g/mol. The molecule has 0 fully saturated rings. The zero-order valence-corrected chi connectivity index (χ0v) is 13.4. The van der Waals surface area contributed by atoms with E-state index in [1.54, 1.807) is 0 Å². The average Bonchev–Trinajstić information content (AvgIpc) is 2.52. The van der Waals surface area contributed by atoms with Crippen LogP contribution in [0.25, 0.3) is 26.9 Å². The Morgan fingerprint density at radius 1 is 1.09 bits per heavy atom.